The molecule has 0 saturated carbocycles. The molecule has 5 rings (SSSR count). The summed E-state index contributed by atoms with van der Waals surface area (Å²) in [5.74, 6) is -0.402. The van der Waals surface area contributed by atoms with Gasteiger partial charge in [-0.15, -0.1) is 0 Å². The molecule has 1 unspecified atom stereocenters. The SMILES string of the molecule is CC1(C)CC(=O)C2=C(C1)Nc1ccccc1N(CC(=O)NCCc1ccc(F)cc1)C2c1ccccc1Cl. The van der Waals surface area contributed by atoms with Gasteiger partial charge in [-0.2, -0.15) is 0 Å². The highest BCUT2D eigenvalue weighted by Crippen LogP contribution is 2.49. The lowest BCUT2D eigenvalue weighted by Gasteiger charge is -2.38. The van der Waals surface area contributed by atoms with E-state index in [0.29, 0.717) is 36.4 Å². The lowest BCUT2D eigenvalue weighted by atomic mass is 9.73. The number of carbonyl (C=O) groups is 2. The van der Waals surface area contributed by atoms with E-state index in [1.165, 1.54) is 12.1 Å². The Bertz CT molecular complexity index is 1400. The van der Waals surface area contributed by atoms with Gasteiger partial charge in [-0.1, -0.05) is 67.9 Å². The molecule has 2 aliphatic rings. The molecule has 3 aromatic rings. The first-order chi connectivity index (χ1) is 18.2. The van der Waals surface area contributed by atoms with Gasteiger partial charge in [-0.25, -0.2) is 4.39 Å². The summed E-state index contributed by atoms with van der Waals surface area (Å²) in [6.45, 7) is 4.65. The van der Waals surface area contributed by atoms with Crippen LogP contribution in [0.4, 0.5) is 15.8 Å². The van der Waals surface area contributed by atoms with Crippen molar-refractivity contribution >= 4 is 34.7 Å². The summed E-state index contributed by atoms with van der Waals surface area (Å²) in [4.78, 5) is 29.0. The van der Waals surface area contributed by atoms with Crippen LogP contribution in [0.3, 0.4) is 0 Å². The number of halogens is 2. The fourth-order valence-corrected chi connectivity index (χ4v) is 5.69. The van der Waals surface area contributed by atoms with Crippen LogP contribution in [0.15, 0.2) is 84.1 Å². The molecule has 7 heteroatoms. The predicted octanol–water partition coefficient (Wildman–Crippen LogP) is 6.45. The van der Waals surface area contributed by atoms with Gasteiger partial charge < -0.3 is 15.5 Å². The third-order valence-corrected chi connectivity index (χ3v) is 7.51. The predicted molar refractivity (Wildman–Crippen MR) is 150 cm³/mol. The number of hydrogen-bond donors (Lipinski definition) is 2. The Kier molecular flexibility index (Phi) is 7.26. The highest BCUT2D eigenvalue weighted by atomic mass is 35.5. The molecule has 1 heterocycles. The van der Waals surface area contributed by atoms with Crippen molar-refractivity contribution in [2.75, 3.05) is 23.3 Å². The lowest BCUT2D eigenvalue weighted by molar-refractivity contribution is -0.120. The second kappa shape index (κ2) is 10.6. The second-order valence-electron chi connectivity index (χ2n) is 10.8. The first-order valence-electron chi connectivity index (χ1n) is 12.9. The Labute approximate surface area is 227 Å². The largest absolute Gasteiger partial charge is 0.357 e. The Morgan fingerprint density at radius 2 is 1.76 bits per heavy atom. The van der Waals surface area contributed by atoms with Crippen LogP contribution in [-0.2, 0) is 16.0 Å². The number of nitrogens with zero attached hydrogens (tertiary/aromatic N) is 1. The molecule has 0 spiro atoms. The third kappa shape index (κ3) is 5.46. The zero-order chi connectivity index (χ0) is 26.9. The highest BCUT2D eigenvalue weighted by molar-refractivity contribution is 6.31. The normalized spacial score (nSPS) is 18.3. The van der Waals surface area contributed by atoms with Gasteiger partial charge in [0.2, 0.25) is 5.91 Å². The minimum absolute atomic E-state index is 0.0332. The summed E-state index contributed by atoms with van der Waals surface area (Å²) >= 11 is 6.73. The van der Waals surface area contributed by atoms with Gasteiger partial charge in [0.05, 0.1) is 24.0 Å². The van der Waals surface area contributed by atoms with Gasteiger partial charge in [0.15, 0.2) is 5.78 Å². The van der Waals surface area contributed by atoms with E-state index in [2.05, 4.69) is 24.5 Å². The monoisotopic (exact) mass is 531 g/mol. The standard InChI is InChI=1S/C31H31ClFN3O2/c1-31(2)17-25-29(27(37)18-31)30(22-7-3-4-8-23(22)32)36(26-10-6-5-9-24(26)35-25)19-28(38)34-16-15-20-11-13-21(33)14-12-20/h3-14,30,35H,15-19H2,1-2H3,(H,34,38). The van der Waals surface area contributed by atoms with Crippen LogP contribution in [0.25, 0.3) is 0 Å². The Balaban J connectivity index is 1.51. The van der Waals surface area contributed by atoms with Gasteiger partial charge in [-0.3, -0.25) is 9.59 Å². The van der Waals surface area contributed by atoms with Crippen molar-refractivity contribution in [3.8, 4) is 0 Å². The number of anilines is 2. The summed E-state index contributed by atoms with van der Waals surface area (Å²) in [5, 5.41) is 7.09. The maximum atomic E-state index is 13.7. The van der Waals surface area contributed by atoms with E-state index in [0.717, 1.165) is 28.2 Å². The number of carbonyl (C=O) groups excluding carboxylic acids is 2. The number of ketones is 1. The molecule has 1 aliphatic carbocycles. The molecule has 0 bridgehead atoms. The maximum Gasteiger partial charge on any atom is 0.239 e. The van der Waals surface area contributed by atoms with Gasteiger partial charge in [0.1, 0.15) is 5.82 Å². The Morgan fingerprint density at radius 1 is 1.05 bits per heavy atom. The van der Waals surface area contributed by atoms with Gasteiger partial charge in [0, 0.05) is 29.3 Å². The third-order valence-electron chi connectivity index (χ3n) is 7.17. The van der Waals surface area contributed by atoms with Gasteiger partial charge >= 0.3 is 0 Å². The molecule has 0 radical (unpaired) electrons. The van der Waals surface area contributed by atoms with E-state index in [9.17, 15) is 14.0 Å². The van der Waals surface area contributed by atoms with Crippen LogP contribution >= 0.6 is 11.6 Å². The Morgan fingerprint density at radius 3 is 2.53 bits per heavy atom. The van der Waals surface area contributed by atoms with Crippen molar-refractivity contribution in [3.05, 3.63) is 106 Å². The van der Waals surface area contributed by atoms with E-state index in [1.54, 1.807) is 12.1 Å². The molecule has 196 valence electrons. The molecule has 1 aliphatic heterocycles. The van der Waals surface area contributed by atoms with E-state index in [1.807, 2.05) is 53.4 Å². The zero-order valence-electron chi connectivity index (χ0n) is 21.6. The molecule has 3 aromatic carbocycles. The van der Waals surface area contributed by atoms with Crippen molar-refractivity contribution in [1.29, 1.82) is 0 Å². The summed E-state index contributed by atoms with van der Waals surface area (Å²) in [7, 11) is 0. The smallest absolute Gasteiger partial charge is 0.239 e. The topological polar surface area (TPSA) is 61.4 Å². The number of amides is 1. The van der Waals surface area contributed by atoms with Crippen molar-refractivity contribution in [3.63, 3.8) is 0 Å². The van der Waals surface area contributed by atoms with Crippen LogP contribution in [0.1, 0.15) is 43.9 Å². The van der Waals surface area contributed by atoms with Crippen LogP contribution in [0.5, 0.6) is 0 Å². The lowest BCUT2D eigenvalue weighted by Crippen LogP contribution is -2.42. The molecule has 0 aromatic heterocycles. The highest BCUT2D eigenvalue weighted by Gasteiger charge is 2.42. The molecule has 1 amide bonds. The zero-order valence-corrected chi connectivity index (χ0v) is 22.3. The average Bonchev–Trinajstić information content (AvgIpc) is 2.99. The number of benzene rings is 3. The van der Waals surface area contributed by atoms with Gasteiger partial charge in [-0.05, 0) is 59.7 Å². The number of rotatable bonds is 6. The van der Waals surface area contributed by atoms with Crippen molar-refractivity contribution in [2.24, 2.45) is 5.41 Å². The molecular formula is C31H31ClFN3O2. The molecule has 38 heavy (non-hydrogen) atoms. The molecule has 5 nitrogen and oxygen atoms in total. The fraction of sp³-hybridized carbons (Fsp3) is 0.290. The number of para-hydroxylation sites is 2. The van der Waals surface area contributed by atoms with Crippen molar-refractivity contribution < 1.29 is 14.0 Å². The molecule has 0 saturated heterocycles. The molecule has 1 atom stereocenters. The van der Waals surface area contributed by atoms with Crippen molar-refractivity contribution in [1.82, 2.24) is 5.32 Å². The first kappa shape index (κ1) is 26.0. The van der Waals surface area contributed by atoms with Crippen LogP contribution < -0.4 is 15.5 Å². The number of allylic oxidation sites excluding steroid dienone is 1. The average molecular weight is 532 g/mol. The summed E-state index contributed by atoms with van der Waals surface area (Å²) in [6, 6.07) is 21.1. The van der Waals surface area contributed by atoms with E-state index in [4.69, 9.17) is 11.6 Å². The van der Waals surface area contributed by atoms with Crippen LogP contribution in [-0.4, -0.2) is 24.8 Å². The van der Waals surface area contributed by atoms with E-state index < -0.39 is 6.04 Å². The number of hydrogen-bond acceptors (Lipinski definition) is 4. The minimum Gasteiger partial charge on any atom is -0.357 e. The number of nitrogens with one attached hydrogen (secondary N) is 2. The minimum atomic E-state index is -0.527. The maximum absolute atomic E-state index is 13.7. The van der Waals surface area contributed by atoms with Gasteiger partial charge in [0.25, 0.3) is 0 Å². The molecule has 0 fully saturated rings. The molecular weight excluding hydrogens is 501 g/mol. The number of Topliss-reactive ketones (excluding diaryl/α,β-unsaturated/α-hetero) is 1. The quantitative estimate of drug-likeness (QED) is 0.383. The van der Waals surface area contributed by atoms with E-state index >= 15 is 0 Å². The first-order valence-corrected chi connectivity index (χ1v) is 13.2. The van der Waals surface area contributed by atoms with Crippen molar-refractivity contribution in [2.45, 2.75) is 39.2 Å². The summed E-state index contributed by atoms with van der Waals surface area (Å²) in [6.07, 6.45) is 1.71. The van der Waals surface area contributed by atoms with Crippen LogP contribution in [0.2, 0.25) is 5.02 Å². The van der Waals surface area contributed by atoms with Crippen LogP contribution in [0, 0.1) is 11.2 Å². The summed E-state index contributed by atoms with van der Waals surface area (Å²) in [5.41, 5.74) is 4.75. The molecule has 2 N–H and O–H groups in total. The fourth-order valence-electron chi connectivity index (χ4n) is 5.46. The Hall–Kier alpha value is -3.64. The van der Waals surface area contributed by atoms with E-state index in [-0.39, 0.29) is 29.5 Å². The summed E-state index contributed by atoms with van der Waals surface area (Å²) < 4.78 is 13.2. The number of fused-ring (bicyclic) bond motifs is 1. The second-order valence-corrected chi connectivity index (χ2v) is 11.2.